The van der Waals surface area contributed by atoms with Crippen molar-refractivity contribution in [3.63, 3.8) is 0 Å². The number of rotatable bonds is 4. The molecule has 0 atom stereocenters. The third-order valence-electron chi connectivity index (χ3n) is 3.09. The van der Waals surface area contributed by atoms with Crippen molar-refractivity contribution in [2.45, 2.75) is 64.5 Å². The Morgan fingerprint density at radius 3 is 2.47 bits per heavy atom. The van der Waals surface area contributed by atoms with Gasteiger partial charge in [-0.1, -0.05) is 19.3 Å². The van der Waals surface area contributed by atoms with Gasteiger partial charge in [0.05, 0.1) is 12.1 Å². The molecule has 17 heavy (non-hydrogen) atoms. The van der Waals surface area contributed by atoms with Crippen LogP contribution in [0.1, 0.15) is 52.9 Å². The monoisotopic (exact) mass is 241 g/mol. The van der Waals surface area contributed by atoms with Gasteiger partial charge in [-0.25, -0.2) is 0 Å². The Balaban J connectivity index is 2.51. The first-order valence-corrected chi connectivity index (χ1v) is 6.83. The summed E-state index contributed by atoms with van der Waals surface area (Å²) in [4.78, 5) is 4.49. The van der Waals surface area contributed by atoms with E-state index in [0.717, 1.165) is 38.2 Å². The topological polar surface area (TPSA) is 56.7 Å². The minimum absolute atomic E-state index is 0.355. The second-order valence-electron chi connectivity index (χ2n) is 5.28. The fraction of sp³-hybridized carbons (Fsp3) is 0.923. The Morgan fingerprint density at radius 2 is 1.94 bits per heavy atom. The van der Waals surface area contributed by atoms with E-state index in [1.54, 1.807) is 0 Å². The summed E-state index contributed by atoms with van der Waals surface area (Å²) in [6, 6.07) is 0.355. The van der Waals surface area contributed by atoms with Gasteiger partial charge in [0.15, 0.2) is 5.96 Å². The van der Waals surface area contributed by atoms with Gasteiger partial charge in [0.1, 0.15) is 0 Å². The molecule has 4 nitrogen and oxygen atoms in total. The third-order valence-corrected chi connectivity index (χ3v) is 3.09. The number of guanidine groups is 1. The molecule has 0 radical (unpaired) electrons. The Hall–Kier alpha value is -0.770. The SMILES string of the molecule is CCNC(=NCC1(O)CCCCC1)NC(C)C. The molecule has 1 saturated carbocycles. The van der Waals surface area contributed by atoms with Crippen molar-refractivity contribution in [3.8, 4) is 0 Å². The Morgan fingerprint density at radius 1 is 1.29 bits per heavy atom. The summed E-state index contributed by atoms with van der Waals surface area (Å²) >= 11 is 0. The zero-order valence-corrected chi connectivity index (χ0v) is 11.4. The number of aliphatic imine (C=N–C) groups is 1. The molecule has 100 valence electrons. The van der Waals surface area contributed by atoms with Crippen molar-refractivity contribution in [2.24, 2.45) is 4.99 Å². The number of nitrogens with zero attached hydrogens (tertiary/aromatic N) is 1. The number of nitrogens with one attached hydrogen (secondary N) is 2. The van der Waals surface area contributed by atoms with Crippen molar-refractivity contribution in [1.82, 2.24) is 10.6 Å². The summed E-state index contributed by atoms with van der Waals surface area (Å²) in [6.07, 6.45) is 5.27. The summed E-state index contributed by atoms with van der Waals surface area (Å²) in [5, 5.41) is 16.8. The van der Waals surface area contributed by atoms with Gasteiger partial charge in [0, 0.05) is 12.6 Å². The molecule has 1 aliphatic rings. The highest BCUT2D eigenvalue weighted by Crippen LogP contribution is 2.28. The van der Waals surface area contributed by atoms with E-state index < -0.39 is 5.60 Å². The lowest BCUT2D eigenvalue weighted by atomic mass is 9.85. The fourth-order valence-corrected chi connectivity index (χ4v) is 2.19. The van der Waals surface area contributed by atoms with E-state index in [-0.39, 0.29) is 0 Å². The highest BCUT2D eigenvalue weighted by atomic mass is 16.3. The number of hydrogen-bond acceptors (Lipinski definition) is 2. The van der Waals surface area contributed by atoms with Crippen LogP contribution < -0.4 is 10.6 Å². The predicted molar refractivity (Wildman–Crippen MR) is 72.3 cm³/mol. The van der Waals surface area contributed by atoms with Crippen LogP contribution in [0.15, 0.2) is 4.99 Å². The molecule has 0 saturated heterocycles. The van der Waals surface area contributed by atoms with E-state index in [1.807, 2.05) is 6.92 Å². The van der Waals surface area contributed by atoms with E-state index in [2.05, 4.69) is 29.5 Å². The smallest absolute Gasteiger partial charge is 0.191 e. The van der Waals surface area contributed by atoms with Gasteiger partial charge < -0.3 is 15.7 Å². The van der Waals surface area contributed by atoms with Crippen molar-refractivity contribution >= 4 is 5.96 Å². The van der Waals surface area contributed by atoms with Crippen LogP contribution in [0.4, 0.5) is 0 Å². The zero-order chi connectivity index (χ0) is 12.7. The molecule has 1 fully saturated rings. The highest BCUT2D eigenvalue weighted by molar-refractivity contribution is 5.80. The summed E-state index contributed by atoms with van der Waals surface area (Å²) in [5.41, 5.74) is -0.572. The Labute approximate surface area is 105 Å². The summed E-state index contributed by atoms with van der Waals surface area (Å²) < 4.78 is 0. The molecule has 0 aliphatic heterocycles. The number of hydrogen-bond donors (Lipinski definition) is 3. The van der Waals surface area contributed by atoms with Crippen molar-refractivity contribution < 1.29 is 5.11 Å². The van der Waals surface area contributed by atoms with Crippen LogP contribution in [0, 0.1) is 0 Å². The predicted octanol–water partition coefficient (Wildman–Crippen LogP) is 1.65. The molecule has 0 bridgehead atoms. The van der Waals surface area contributed by atoms with Gasteiger partial charge in [0.25, 0.3) is 0 Å². The lowest BCUT2D eigenvalue weighted by Gasteiger charge is -2.30. The molecule has 0 unspecified atom stereocenters. The highest BCUT2D eigenvalue weighted by Gasteiger charge is 2.28. The third kappa shape index (κ3) is 5.39. The lowest BCUT2D eigenvalue weighted by molar-refractivity contribution is 0.0131. The maximum absolute atomic E-state index is 10.4. The van der Waals surface area contributed by atoms with Crippen LogP contribution in [-0.4, -0.2) is 35.8 Å². The molecule has 3 N–H and O–H groups in total. The molecule has 0 spiro atoms. The first-order chi connectivity index (χ1) is 8.06. The van der Waals surface area contributed by atoms with Crippen molar-refractivity contribution in [3.05, 3.63) is 0 Å². The van der Waals surface area contributed by atoms with E-state index in [9.17, 15) is 5.11 Å². The Bertz CT molecular complexity index is 245. The Kier molecular flexibility index (Phi) is 5.75. The van der Waals surface area contributed by atoms with Crippen molar-refractivity contribution in [2.75, 3.05) is 13.1 Å². The molecule has 0 aromatic heterocycles. The molecular weight excluding hydrogens is 214 g/mol. The average molecular weight is 241 g/mol. The van der Waals surface area contributed by atoms with Crippen molar-refractivity contribution in [1.29, 1.82) is 0 Å². The first-order valence-electron chi connectivity index (χ1n) is 6.83. The maximum atomic E-state index is 10.4. The molecule has 0 aromatic rings. The second kappa shape index (κ2) is 6.84. The van der Waals surface area contributed by atoms with Gasteiger partial charge in [0.2, 0.25) is 0 Å². The molecule has 1 aliphatic carbocycles. The average Bonchev–Trinajstić information content (AvgIpc) is 2.27. The van der Waals surface area contributed by atoms with E-state index in [0.29, 0.717) is 12.6 Å². The molecular formula is C13H27N3O. The quantitative estimate of drug-likeness (QED) is 0.518. The molecule has 0 amide bonds. The van der Waals surface area contributed by atoms with Gasteiger partial charge in [-0.2, -0.15) is 0 Å². The summed E-state index contributed by atoms with van der Waals surface area (Å²) in [5.74, 6) is 0.807. The van der Waals surface area contributed by atoms with Crippen LogP contribution in [0.25, 0.3) is 0 Å². The molecule has 0 heterocycles. The zero-order valence-electron chi connectivity index (χ0n) is 11.4. The largest absolute Gasteiger partial charge is 0.388 e. The van der Waals surface area contributed by atoms with E-state index >= 15 is 0 Å². The van der Waals surface area contributed by atoms with E-state index in [4.69, 9.17) is 0 Å². The fourth-order valence-electron chi connectivity index (χ4n) is 2.19. The normalized spacial score (nSPS) is 20.4. The molecule has 0 aromatic carbocycles. The van der Waals surface area contributed by atoms with Crippen LogP contribution >= 0.6 is 0 Å². The maximum Gasteiger partial charge on any atom is 0.191 e. The van der Waals surface area contributed by atoms with Crippen LogP contribution in [0.5, 0.6) is 0 Å². The lowest BCUT2D eigenvalue weighted by Crippen LogP contribution is -2.43. The van der Waals surface area contributed by atoms with E-state index in [1.165, 1.54) is 6.42 Å². The van der Waals surface area contributed by atoms with Gasteiger partial charge in [-0.05, 0) is 33.6 Å². The number of aliphatic hydroxyl groups is 1. The summed E-state index contributed by atoms with van der Waals surface area (Å²) in [6.45, 7) is 7.57. The van der Waals surface area contributed by atoms with Gasteiger partial charge in [-0.15, -0.1) is 0 Å². The second-order valence-corrected chi connectivity index (χ2v) is 5.28. The van der Waals surface area contributed by atoms with Crippen LogP contribution in [0.2, 0.25) is 0 Å². The van der Waals surface area contributed by atoms with Crippen LogP contribution in [0.3, 0.4) is 0 Å². The van der Waals surface area contributed by atoms with Gasteiger partial charge in [-0.3, -0.25) is 4.99 Å². The minimum atomic E-state index is -0.572. The molecule has 1 rings (SSSR count). The molecule has 4 heteroatoms. The van der Waals surface area contributed by atoms with Gasteiger partial charge >= 0.3 is 0 Å². The first kappa shape index (κ1) is 14.3. The summed E-state index contributed by atoms with van der Waals surface area (Å²) in [7, 11) is 0. The minimum Gasteiger partial charge on any atom is -0.388 e. The van der Waals surface area contributed by atoms with Crippen LogP contribution in [-0.2, 0) is 0 Å². The standard InChI is InChI=1S/C13H27N3O/c1-4-14-12(16-11(2)3)15-10-13(17)8-6-5-7-9-13/h11,17H,4-10H2,1-3H3,(H2,14,15,16).